The van der Waals surface area contributed by atoms with Crippen molar-refractivity contribution < 1.29 is 0 Å². The van der Waals surface area contributed by atoms with Gasteiger partial charge in [-0.15, -0.1) is 11.3 Å². The molecule has 0 radical (unpaired) electrons. The zero-order valence-electron chi connectivity index (χ0n) is 9.84. The summed E-state index contributed by atoms with van der Waals surface area (Å²) in [6, 6.07) is 4.88. The number of thiophene rings is 1. The van der Waals surface area contributed by atoms with Crippen LogP contribution in [0, 0.1) is 5.92 Å². The Morgan fingerprint density at radius 3 is 2.69 bits per heavy atom. The highest BCUT2D eigenvalue weighted by Gasteiger charge is 2.17. The first-order valence-corrected chi connectivity index (χ1v) is 7.41. The molecule has 0 aliphatic heterocycles. The van der Waals surface area contributed by atoms with E-state index in [1.165, 1.54) is 30.6 Å². The largest absolute Gasteiger partial charge is 0.314 e. The maximum absolute atomic E-state index is 5.90. The second kappa shape index (κ2) is 6.04. The van der Waals surface area contributed by atoms with E-state index in [1.807, 2.05) is 6.07 Å². The normalized spacial score (nSPS) is 25.9. The van der Waals surface area contributed by atoms with Crippen molar-refractivity contribution in [3.63, 3.8) is 0 Å². The molecular formula is C13H20ClNS. The molecule has 16 heavy (non-hydrogen) atoms. The van der Waals surface area contributed by atoms with Gasteiger partial charge in [0.05, 0.1) is 4.34 Å². The molecule has 1 aliphatic carbocycles. The van der Waals surface area contributed by atoms with Crippen LogP contribution in [0.3, 0.4) is 0 Å². The smallest absolute Gasteiger partial charge is 0.0931 e. The van der Waals surface area contributed by atoms with Crippen LogP contribution in [-0.2, 0) is 6.42 Å². The van der Waals surface area contributed by atoms with Gasteiger partial charge in [0.1, 0.15) is 0 Å². The van der Waals surface area contributed by atoms with Gasteiger partial charge in [0.2, 0.25) is 0 Å². The summed E-state index contributed by atoms with van der Waals surface area (Å²) < 4.78 is 0.904. The molecule has 1 saturated carbocycles. The molecule has 0 spiro atoms. The molecule has 2 rings (SSSR count). The van der Waals surface area contributed by atoms with Gasteiger partial charge in [-0.2, -0.15) is 0 Å². The zero-order valence-corrected chi connectivity index (χ0v) is 11.4. The minimum Gasteiger partial charge on any atom is -0.314 e. The molecule has 0 saturated heterocycles. The Labute approximate surface area is 107 Å². The molecule has 0 unspecified atom stereocenters. The fourth-order valence-electron chi connectivity index (χ4n) is 2.35. The highest BCUT2D eigenvalue weighted by atomic mass is 35.5. The molecule has 1 nitrogen and oxygen atoms in total. The number of nitrogens with one attached hydrogen (secondary N) is 1. The van der Waals surface area contributed by atoms with Crippen LogP contribution in [0.25, 0.3) is 0 Å². The van der Waals surface area contributed by atoms with E-state index in [2.05, 4.69) is 18.3 Å². The molecule has 3 heteroatoms. The molecule has 0 atom stereocenters. The molecule has 1 fully saturated rings. The average Bonchev–Trinajstić information content (AvgIpc) is 2.67. The maximum atomic E-state index is 5.90. The Bertz CT molecular complexity index is 315. The quantitative estimate of drug-likeness (QED) is 0.856. The van der Waals surface area contributed by atoms with Crippen LogP contribution in [-0.4, -0.2) is 12.6 Å². The fourth-order valence-corrected chi connectivity index (χ4v) is 3.44. The molecule has 1 aromatic heterocycles. The van der Waals surface area contributed by atoms with Crippen LogP contribution in [0.5, 0.6) is 0 Å². The van der Waals surface area contributed by atoms with Crippen molar-refractivity contribution in [2.45, 2.75) is 45.1 Å². The minimum absolute atomic E-state index is 0.756. The van der Waals surface area contributed by atoms with E-state index in [1.54, 1.807) is 11.3 Å². The summed E-state index contributed by atoms with van der Waals surface area (Å²) in [6.07, 6.45) is 6.60. The van der Waals surface area contributed by atoms with Gasteiger partial charge < -0.3 is 5.32 Å². The molecule has 1 N–H and O–H groups in total. The predicted molar refractivity (Wildman–Crippen MR) is 72.5 cm³/mol. The number of hydrogen-bond donors (Lipinski definition) is 1. The number of halogens is 1. The summed E-state index contributed by atoms with van der Waals surface area (Å²) in [5.41, 5.74) is 0. The summed E-state index contributed by atoms with van der Waals surface area (Å²) in [5.74, 6) is 0.939. The van der Waals surface area contributed by atoms with Crippen LogP contribution in [0.4, 0.5) is 0 Å². The number of rotatable bonds is 4. The highest BCUT2D eigenvalue weighted by Crippen LogP contribution is 2.24. The molecular weight excluding hydrogens is 238 g/mol. The van der Waals surface area contributed by atoms with Crippen molar-refractivity contribution in [1.82, 2.24) is 5.32 Å². The third-order valence-corrected chi connectivity index (χ3v) is 4.74. The predicted octanol–water partition coefficient (Wildman–Crippen LogP) is 4.11. The van der Waals surface area contributed by atoms with Gasteiger partial charge in [-0.05, 0) is 50.2 Å². The van der Waals surface area contributed by atoms with Crippen molar-refractivity contribution in [2.24, 2.45) is 5.92 Å². The van der Waals surface area contributed by atoms with Gasteiger partial charge >= 0.3 is 0 Å². The summed E-state index contributed by atoms with van der Waals surface area (Å²) in [4.78, 5) is 1.39. The summed E-state index contributed by atoms with van der Waals surface area (Å²) in [7, 11) is 0. The van der Waals surface area contributed by atoms with E-state index in [4.69, 9.17) is 11.6 Å². The van der Waals surface area contributed by atoms with E-state index >= 15 is 0 Å². The first kappa shape index (κ1) is 12.4. The van der Waals surface area contributed by atoms with E-state index in [0.717, 1.165) is 29.3 Å². The van der Waals surface area contributed by atoms with E-state index in [9.17, 15) is 0 Å². The fraction of sp³-hybridized carbons (Fsp3) is 0.692. The summed E-state index contributed by atoms with van der Waals surface area (Å²) in [6.45, 7) is 3.46. The zero-order chi connectivity index (χ0) is 11.4. The molecule has 0 amide bonds. The lowest BCUT2D eigenvalue weighted by Crippen LogP contribution is -2.33. The van der Waals surface area contributed by atoms with Gasteiger partial charge in [0.15, 0.2) is 0 Å². The Morgan fingerprint density at radius 2 is 2.06 bits per heavy atom. The molecule has 90 valence electrons. The van der Waals surface area contributed by atoms with E-state index < -0.39 is 0 Å². The van der Waals surface area contributed by atoms with Gasteiger partial charge in [-0.25, -0.2) is 0 Å². The lowest BCUT2D eigenvalue weighted by atomic mass is 9.87. The maximum Gasteiger partial charge on any atom is 0.0931 e. The van der Waals surface area contributed by atoms with Crippen LogP contribution in [0.2, 0.25) is 4.34 Å². The minimum atomic E-state index is 0.756. The SMILES string of the molecule is CC1CCC(NCCc2ccc(Cl)s2)CC1. The average molecular weight is 258 g/mol. The summed E-state index contributed by atoms with van der Waals surface area (Å²) >= 11 is 7.60. The number of hydrogen-bond acceptors (Lipinski definition) is 2. The first-order valence-electron chi connectivity index (χ1n) is 6.21. The van der Waals surface area contributed by atoms with Crippen LogP contribution in [0.15, 0.2) is 12.1 Å². The Hall–Kier alpha value is -0.0500. The molecule has 1 heterocycles. The highest BCUT2D eigenvalue weighted by molar-refractivity contribution is 7.16. The summed E-state index contributed by atoms with van der Waals surface area (Å²) in [5, 5.41) is 3.66. The van der Waals surface area contributed by atoms with Gasteiger partial charge in [-0.3, -0.25) is 0 Å². The van der Waals surface area contributed by atoms with Crippen molar-refractivity contribution in [3.8, 4) is 0 Å². The van der Waals surface area contributed by atoms with Crippen LogP contribution < -0.4 is 5.32 Å². The van der Waals surface area contributed by atoms with Crippen molar-refractivity contribution in [3.05, 3.63) is 21.3 Å². The van der Waals surface area contributed by atoms with Crippen molar-refractivity contribution >= 4 is 22.9 Å². The lowest BCUT2D eigenvalue weighted by molar-refractivity contribution is 0.309. The van der Waals surface area contributed by atoms with Gasteiger partial charge in [0.25, 0.3) is 0 Å². The topological polar surface area (TPSA) is 12.0 Å². The third kappa shape index (κ3) is 3.76. The Kier molecular flexibility index (Phi) is 4.68. The van der Waals surface area contributed by atoms with E-state index in [-0.39, 0.29) is 0 Å². The molecule has 1 aromatic rings. The first-order chi connectivity index (χ1) is 7.74. The Balaban J connectivity index is 1.64. The van der Waals surface area contributed by atoms with E-state index in [0.29, 0.717) is 0 Å². The molecule has 0 bridgehead atoms. The van der Waals surface area contributed by atoms with Crippen LogP contribution >= 0.6 is 22.9 Å². The molecule has 1 aliphatic rings. The van der Waals surface area contributed by atoms with Crippen molar-refractivity contribution in [2.75, 3.05) is 6.54 Å². The second-order valence-corrected chi connectivity index (χ2v) is 6.67. The van der Waals surface area contributed by atoms with Crippen molar-refractivity contribution in [1.29, 1.82) is 0 Å². The monoisotopic (exact) mass is 257 g/mol. The van der Waals surface area contributed by atoms with Gasteiger partial charge in [0, 0.05) is 17.5 Å². The second-order valence-electron chi connectivity index (χ2n) is 4.87. The Morgan fingerprint density at radius 1 is 1.31 bits per heavy atom. The standard InChI is InChI=1S/C13H20ClNS/c1-10-2-4-11(5-3-10)15-9-8-12-6-7-13(14)16-12/h6-7,10-11,15H,2-5,8-9H2,1H3. The molecule has 0 aromatic carbocycles. The lowest BCUT2D eigenvalue weighted by Gasteiger charge is -2.26. The third-order valence-electron chi connectivity index (χ3n) is 3.45. The van der Waals surface area contributed by atoms with Crippen LogP contribution in [0.1, 0.15) is 37.5 Å². The van der Waals surface area contributed by atoms with Gasteiger partial charge in [-0.1, -0.05) is 18.5 Å².